The van der Waals surface area contributed by atoms with Gasteiger partial charge in [0, 0.05) is 25.7 Å². The number of hydrogen-bond acceptors (Lipinski definition) is 4. The molecule has 0 bridgehead atoms. The zero-order chi connectivity index (χ0) is 20.4. The van der Waals surface area contributed by atoms with Crippen LogP contribution < -0.4 is 0 Å². The highest BCUT2D eigenvalue weighted by atomic mass is 32.1. The summed E-state index contributed by atoms with van der Waals surface area (Å²) in [5, 5.41) is 5.64. The second-order valence-electron chi connectivity index (χ2n) is 7.93. The lowest BCUT2D eigenvalue weighted by molar-refractivity contribution is -0.131. The van der Waals surface area contributed by atoms with E-state index >= 15 is 0 Å². The Bertz CT molecular complexity index is 939. The first-order valence-corrected chi connectivity index (χ1v) is 10.7. The van der Waals surface area contributed by atoms with Gasteiger partial charge in [-0.15, -0.1) is 11.3 Å². The van der Waals surface area contributed by atoms with Gasteiger partial charge in [0.1, 0.15) is 5.01 Å². The SMILES string of the molecule is Cc1nn(CC(C)C)c(C)c1CCC(=O)N(C)[C@@H](C)c1nc2ccccc2s1. The molecule has 1 atom stereocenters. The first kappa shape index (κ1) is 20.5. The molecule has 2 heterocycles. The smallest absolute Gasteiger partial charge is 0.223 e. The van der Waals surface area contributed by atoms with E-state index in [4.69, 9.17) is 4.98 Å². The van der Waals surface area contributed by atoms with E-state index in [9.17, 15) is 4.79 Å². The molecule has 0 aliphatic carbocycles. The van der Waals surface area contributed by atoms with Crippen LogP contribution in [-0.2, 0) is 17.8 Å². The number of carbonyl (C=O) groups is 1. The predicted octanol–water partition coefficient (Wildman–Crippen LogP) is 4.92. The molecule has 0 saturated heterocycles. The summed E-state index contributed by atoms with van der Waals surface area (Å²) >= 11 is 1.66. The molecule has 0 saturated carbocycles. The molecule has 0 unspecified atom stereocenters. The molecule has 0 radical (unpaired) electrons. The zero-order valence-corrected chi connectivity index (χ0v) is 18.5. The molecule has 2 aromatic heterocycles. The van der Waals surface area contributed by atoms with Gasteiger partial charge in [0.25, 0.3) is 0 Å². The van der Waals surface area contributed by atoms with Crippen LogP contribution in [0, 0.1) is 19.8 Å². The summed E-state index contributed by atoms with van der Waals surface area (Å²) in [5.74, 6) is 0.690. The van der Waals surface area contributed by atoms with Gasteiger partial charge in [0.15, 0.2) is 0 Å². The average Bonchev–Trinajstić information content (AvgIpc) is 3.19. The number of rotatable bonds is 7. The monoisotopic (exact) mass is 398 g/mol. The minimum atomic E-state index is -0.0317. The van der Waals surface area contributed by atoms with Gasteiger partial charge in [-0.1, -0.05) is 26.0 Å². The highest BCUT2D eigenvalue weighted by molar-refractivity contribution is 7.18. The van der Waals surface area contributed by atoms with Crippen molar-refractivity contribution in [2.75, 3.05) is 7.05 Å². The number of para-hydroxylation sites is 1. The number of amides is 1. The van der Waals surface area contributed by atoms with Crippen LogP contribution in [-0.4, -0.2) is 32.6 Å². The van der Waals surface area contributed by atoms with Gasteiger partial charge in [0.05, 0.1) is 22.0 Å². The number of carbonyl (C=O) groups excluding carboxylic acids is 1. The Morgan fingerprint density at radius 3 is 2.61 bits per heavy atom. The average molecular weight is 399 g/mol. The molecule has 0 fully saturated rings. The Morgan fingerprint density at radius 2 is 1.93 bits per heavy atom. The van der Waals surface area contributed by atoms with Crippen LogP contribution in [0.5, 0.6) is 0 Å². The molecule has 0 aliphatic rings. The van der Waals surface area contributed by atoms with E-state index in [-0.39, 0.29) is 11.9 Å². The van der Waals surface area contributed by atoms with E-state index in [1.807, 2.05) is 44.0 Å². The van der Waals surface area contributed by atoms with Crippen LogP contribution in [0.4, 0.5) is 0 Å². The number of hydrogen-bond donors (Lipinski definition) is 0. The number of nitrogens with zero attached hydrogens (tertiary/aromatic N) is 4. The van der Waals surface area contributed by atoms with E-state index in [1.165, 1.54) is 11.3 Å². The van der Waals surface area contributed by atoms with Crippen molar-refractivity contribution in [2.24, 2.45) is 5.92 Å². The van der Waals surface area contributed by atoms with E-state index in [0.29, 0.717) is 12.3 Å². The lowest BCUT2D eigenvalue weighted by Gasteiger charge is -2.23. The van der Waals surface area contributed by atoms with E-state index in [1.54, 1.807) is 11.3 Å². The molecule has 3 aromatic rings. The van der Waals surface area contributed by atoms with Crippen molar-refractivity contribution in [3.8, 4) is 0 Å². The van der Waals surface area contributed by atoms with E-state index < -0.39 is 0 Å². The number of fused-ring (bicyclic) bond motifs is 1. The van der Waals surface area contributed by atoms with Crippen LogP contribution in [0.2, 0.25) is 0 Å². The molecule has 150 valence electrons. The van der Waals surface area contributed by atoms with Crippen molar-refractivity contribution in [1.82, 2.24) is 19.7 Å². The van der Waals surface area contributed by atoms with Crippen molar-refractivity contribution in [3.63, 3.8) is 0 Å². The molecule has 6 heteroatoms. The number of aryl methyl sites for hydroxylation is 1. The second kappa shape index (κ2) is 8.43. The molecule has 3 rings (SSSR count). The van der Waals surface area contributed by atoms with Crippen molar-refractivity contribution in [2.45, 2.75) is 60.0 Å². The number of benzene rings is 1. The Labute approximate surface area is 171 Å². The highest BCUT2D eigenvalue weighted by Gasteiger charge is 2.21. The maximum Gasteiger partial charge on any atom is 0.223 e. The Kier molecular flexibility index (Phi) is 6.18. The maximum atomic E-state index is 12.8. The molecule has 0 spiro atoms. The molecular weight excluding hydrogens is 368 g/mol. The first-order valence-electron chi connectivity index (χ1n) is 9.92. The van der Waals surface area contributed by atoms with Crippen molar-refractivity contribution in [1.29, 1.82) is 0 Å². The highest BCUT2D eigenvalue weighted by Crippen LogP contribution is 2.29. The summed E-state index contributed by atoms with van der Waals surface area (Å²) in [6, 6.07) is 8.08. The van der Waals surface area contributed by atoms with Crippen LogP contribution in [0.1, 0.15) is 55.2 Å². The summed E-state index contributed by atoms with van der Waals surface area (Å²) in [5.41, 5.74) is 4.42. The number of thiazole rings is 1. The minimum Gasteiger partial charge on any atom is -0.337 e. The zero-order valence-electron chi connectivity index (χ0n) is 17.7. The molecular formula is C22H30N4OS. The van der Waals surface area contributed by atoms with Crippen molar-refractivity contribution >= 4 is 27.5 Å². The van der Waals surface area contributed by atoms with Gasteiger partial charge in [-0.25, -0.2) is 4.98 Å². The summed E-state index contributed by atoms with van der Waals surface area (Å²) < 4.78 is 3.24. The maximum absolute atomic E-state index is 12.8. The standard InChI is InChI=1S/C22H30N4OS/c1-14(2)13-26-16(4)18(15(3)24-26)11-12-21(27)25(6)17(5)22-23-19-9-7-8-10-20(19)28-22/h7-10,14,17H,11-13H2,1-6H3/t17-/m0/s1. The summed E-state index contributed by atoms with van der Waals surface area (Å²) in [7, 11) is 1.88. The third kappa shape index (κ3) is 4.27. The van der Waals surface area contributed by atoms with Crippen molar-refractivity contribution in [3.05, 3.63) is 46.2 Å². The van der Waals surface area contributed by atoms with Gasteiger partial charge >= 0.3 is 0 Å². The predicted molar refractivity (Wildman–Crippen MR) is 116 cm³/mol. The van der Waals surface area contributed by atoms with Gasteiger partial charge < -0.3 is 4.90 Å². The van der Waals surface area contributed by atoms with Crippen LogP contribution in [0.25, 0.3) is 10.2 Å². The molecule has 28 heavy (non-hydrogen) atoms. The van der Waals surface area contributed by atoms with E-state index in [2.05, 4.69) is 36.6 Å². The summed E-state index contributed by atoms with van der Waals surface area (Å²) in [6.07, 6.45) is 1.21. The van der Waals surface area contributed by atoms with Gasteiger partial charge in [-0.3, -0.25) is 9.48 Å². The minimum absolute atomic E-state index is 0.0317. The van der Waals surface area contributed by atoms with Gasteiger partial charge in [-0.05, 0) is 50.8 Å². The molecule has 1 aromatic carbocycles. The van der Waals surface area contributed by atoms with Crippen molar-refractivity contribution < 1.29 is 4.79 Å². The van der Waals surface area contributed by atoms with Crippen LogP contribution in [0.15, 0.2) is 24.3 Å². The van der Waals surface area contributed by atoms with Gasteiger partial charge in [-0.2, -0.15) is 5.10 Å². The van der Waals surface area contributed by atoms with Gasteiger partial charge in [0.2, 0.25) is 5.91 Å². The van der Waals surface area contributed by atoms with Crippen LogP contribution in [0.3, 0.4) is 0 Å². The third-order valence-corrected chi connectivity index (χ3v) is 6.51. The third-order valence-electron chi connectivity index (χ3n) is 5.30. The molecule has 0 aliphatic heterocycles. The molecule has 0 N–H and O–H groups in total. The largest absolute Gasteiger partial charge is 0.337 e. The Hall–Kier alpha value is -2.21. The Morgan fingerprint density at radius 1 is 1.21 bits per heavy atom. The quantitative estimate of drug-likeness (QED) is 0.568. The fourth-order valence-electron chi connectivity index (χ4n) is 3.48. The molecule has 5 nitrogen and oxygen atoms in total. The second-order valence-corrected chi connectivity index (χ2v) is 8.99. The normalized spacial score (nSPS) is 12.7. The lowest BCUT2D eigenvalue weighted by Crippen LogP contribution is -2.29. The molecule has 1 amide bonds. The Balaban J connectivity index is 1.66. The van der Waals surface area contributed by atoms with Crippen LogP contribution >= 0.6 is 11.3 Å². The summed E-state index contributed by atoms with van der Waals surface area (Å²) in [6.45, 7) is 11.5. The van der Waals surface area contributed by atoms with E-state index in [0.717, 1.165) is 33.9 Å². The first-order chi connectivity index (χ1) is 13.3. The number of aromatic nitrogens is 3. The lowest BCUT2D eigenvalue weighted by atomic mass is 10.1. The fourth-order valence-corrected chi connectivity index (χ4v) is 4.54. The summed E-state index contributed by atoms with van der Waals surface area (Å²) in [4.78, 5) is 19.4. The topological polar surface area (TPSA) is 51.0 Å². The fraction of sp³-hybridized carbons (Fsp3) is 0.500.